The van der Waals surface area contributed by atoms with Crippen molar-refractivity contribution in [2.45, 2.75) is 45.6 Å². The van der Waals surface area contributed by atoms with E-state index in [2.05, 4.69) is 26.6 Å². The summed E-state index contributed by atoms with van der Waals surface area (Å²) in [7, 11) is 1.52. The minimum Gasteiger partial charge on any atom is -0.494 e. The van der Waals surface area contributed by atoms with Crippen molar-refractivity contribution in [2.75, 3.05) is 17.7 Å². The first-order valence-electron chi connectivity index (χ1n) is 9.49. The standard InChI is InChI=1S/C22H27BrN2O4/c1-5-6-7-20(26)25-18-13-10-16(14-19(18)28-4)24-21(27)22(2,3)29-17-11-8-15(23)9-12-17/h8-14H,5-7H2,1-4H3,(H,24,27)(H,25,26). The molecule has 0 fully saturated rings. The Bertz CT molecular complexity index is 850. The molecule has 0 aliphatic carbocycles. The summed E-state index contributed by atoms with van der Waals surface area (Å²) in [6, 6.07) is 12.4. The highest BCUT2D eigenvalue weighted by Crippen LogP contribution is 2.29. The van der Waals surface area contributed by atoms with Crippen molar-refractivity contribution in [2.24, 2.45) is 0 Å². The number of methoxy groups -OCH3 is 1. The fourth-order valence-corrected chi connectivity index (χ4v) is 2.81. The Morgan fingerprint density at radius 2 is 1.76 bits per heavy atom. The van der Waals surface area contributed by atoms with E-state index >= 15 is 0 Å². The highest BCUT2D eigenvalue weighted by atomic mass is 79.9. The molecule has 2 amide bonds. The van der Waals surface area contributed by atoms with Gasteiger partial charge >= 0.3 is 0 Å². The first-order valence-corrected chi connectivity index (χ1v) is 10.3. The maximum absolute atomic E-state index is 12.7. The van der Waals surface area contributed by atoms with E-state index < -0.39 is 5.60 Å². The van der Waals surface area contributed by atoms with E-state index in [0.717, 1.165) is 17.3 Å². The third kappa shape index (κ3) is 6.78. The lowest BCUT2D eigenvalue weighted by atomic mass is 10.1. The number of hydrogen-bond acceptors (Lipinski definition) is 4. The predicted octanol–water partition coefficient (Wildman–Crippen LogP) is 5.38. The Morgan fingerprint density at radius 1 is 1.07 bits per heavy atom. The number of carbonyl (C=O) groups is 2. The van der Waals surface area contributed by atoms with Crippen molar-refractivity contribution in [1.29, 1.82) is 0 Å². The average molecular weight is 463 g/mol. The Labute approximate surface area is 180 Å². The molecule has 0 aromatic heterocycles. The van der Waals surface area contributed by atoms with Gasteiger partial charge in [0.2, 0.25) is 5.91 Å². The molecular weight excluding hydrogens is 436 g/mol. The van der Waals surface area contributed by atoms with Gasteiger partial charge in [0, 0.05) is 22.6 Å². The van der Waals surface area contributed by atoms with Crippen LogP contribution in [-0.2, 0) is 9.59 Å². The van der Waals surface area contributed by atoms with Gasteiger partial charge in [-0.25, -0.2) is 0 Å². The van der Waals surface area contributed by atoms with Gasteiger partial charge in [0.05, 0.1) is 12.8 Å². The van der Waals surface area contributed by atoms with Crippen molar-refractivity contribution >= 4 is 39.1 Å². The van der Waals surface area contributed by atoms with Crippen LogP contribution in [-0.4, -0.2) is 24.5 Å². The van der Waals surface area contributed by atoms with Crippen molar-refractivity contribution in [3.8, 4) is 11.5 Å². The second-order valence-electron chi connectivity index (χ2n) is 7.09. The minimum atomic E-state index is -1.09. The molecule has 156 valence electrons. The summed E-state index contributed by atoms with van der Waals surface area (Å²) in [5.74, 6) is 0.698. The average Bonchev–Trinajstić information content (AvgIpc) is 2.69. The molecule has 2 rings (SSSR count). The van der Waals surface area contributed by atoms with Gasteiger partial charge in [-0.2, -0.15) is 0 Å². The normalized spacial score (nSPS) is 10.9. The van der Waals surface area contributed by atoms with Crippen molar-refractivity contribution in [3.05, 3.63) is 46.9 Å². The van der Waals surface area contributed by atoms with Gasteiger partial charge < -0.3 is 20.1 Å². The van der Waals surface area contributed by atoms with E-state index in [4.69, 9.17) is 9.47 Å². The largest absolute Gasteiger partial charge is 0.494 e. The van der Waals surface area contributed by atoms with Gasteiger partial charge in [-0.05, 0) is 56.7 Å². The second kappa shape index (κ2) is 10.3. The number of rotatable bonds is 9. The molecule has 2 N–H and O–H groups in total. The quantitative estimate of drug-likeness (QED) is 0.524. The van der Waals surface area contributed by atoms with Crippen LogP contribution in [0.3, 0.4) is 0 Å². The fourth-order valence-electron chi connectivity index (χ4n) is 2.55. The molecule has 0 aliphatic rings. The Morgan fingerprint density at radius 3 is 2.38 bits per heavy atom. The lowest BCUT2D eigenvalue weighted by Gasteiger charge is -2.25. The van der Waals surface area contributed by atoms with Crippen LogP contribution in [0.25, 0.3) is 0 Å². The molecule has 0 spiro atoms. The number of amides is 2. The molecule has 29 heavy (non-hydrogen) atoms. The van der Waals surface area contributed by atoms with E-state index in [0.29, 0.717) is 29.3 Å². The zero-order chi connectivity index (χ0) is 21.4. The van der Waals surface area contributed by atoms with Crippen LogP contribution < -0.4 is 20.1 Å². The number of benzene rings is 2. The molecule has 7 heteroatoms. The zero-order valence-corrected chi connectivity index (χ0v) is 18.8. The summed E-state index contributed by atoms with van der Waals surface area (Å²) in [5.41, 5.74) is 0.0246. The van der Waals surface area contributed by atoms with Crippen molar-refractivity contribution < 1.29 is 19.1 Å². The molecule has 2 aromatic carbocycles. The van der Waals surface area contributed by atoms with Gasteiger partial charge in [0.25, 0.3) is 5.91 Å². The lowest BCUT2D eigenvalue weighted by Crippen LogP contribution is -2.42. The van der Waals surface area contributed by atoms with Crippen molar-refractivity contribution in [1.82, 2.24) is 0 Å². The minimum absolute atomic E-state index is 0.0639. The third-order valence-corrected chi connectivity index (χ3v) is 4.75. The van der Waals surface area contributed by atoms with Gasteiger partial charge in [0.15, 0.2) is 5.60 Å². The number of anilines is 2. The number of carbonyl (C=O) groups excluding carboxylic acids is 2. The van der Waals surface area contributed by atoms with Crippen LogP contribution >= 0.6 is 15.9 Å². The van der Waals surface area contributed by atoms with Gasteiger partial charge in [-0.3, -0.25) is 9.59 Å². The third-order valence-electron chi connectivity index (χ3n) is 4.22. The number of hydrogen-bond donors (Lipinski definition) is 2. The number of nitrogens with one attached hydrogen (secondary N) is 2. The van der Waals surface area contributed by atoms with E-state index in [9.17, 15) is 9.59 Å². The van der Waals surface area contributed by atoms with E-state index in [1.807, 2.05) is 19.1 Å². The molecule has 0 radical (unpaired) electrons. The van der Waals surface area contributed by atoms with Crippen LogP contribution in [0, 0.1) is 0 Å². The molecule has 0 saturated carbocycles. The summed E-state index contributed by atoms with van der Waals surface area (Å²) in [5, 5.41) is 5.68. The van der Waals surface area contributed by atoms with Crippen LogP contribution in [0.1, 0.15) is 40.0 Å². The summed E-state index contributed by atoms with van der Waals surface area (Å²) in [4.78, 5) is 24.7. The monoisotopic (exact) mass is 462 g/mol. The summed E-state index contributed by atoms with van der Waals surface area (Å²) in [6.45, 7) is 5.43. The van der Waals surface area contributed by atoms with E-state index in [-0.39, 0.29) is 11.8 Å². The zero-order valence-electron chi connectivity index (χ0n) is 17.2. The molecule has 0 unspecified atom stereocenters. The van der Waals surface area contributed by atoms with Gasteiger partial charge in [-0.15, -0.1) is 0 Å². The molecule has 0 saturated heterocycles. The van der Waals surface area contributed by atoms with Crippen LogP contribution in [0.15, 0.2) is 46.9 Å². The smallest absolute Gasteiger partial charge is 0.267 e. The molecule has 2 aromatic rings. The Hall–Kier alpha value is -2.54. The van der Waals surface area contributed by atoms with Crippen LogP contribution in [0.4, 0.5) is 11.4 Å². The summed E-state index contributed by atoms with van der Waals surface area (Å²) < 4.78 is 12.1. The molecule has 0 atom stereocenters. The number of unbranched alkanes of at least 4 members (excludes halogenated alkanes) is 1. The molecule has 0 heterocycles. The maximum Gasteiger partial charge on any atom is 0.267 e. The SMILES string of the molecule is CCCCC(=O)Nc1ccc(NC(=O)C(C)(C)Oc2ccc(Br)cc2)cc1OC. The molecular formula is C22H27BrN2O4. The summed E-state index contributed by atoms with van der Waals surface area (Å²) >= 11 is 3.37. The number of halogens is 1. The highest BCUT2D eigenvalue weighted by molar-refractivity contribution is 9.10. The van der Waals surface area contributed by atoms with E-state index in [1.54, 1.807) is 44.2 Å². The fraction of sp³-hybridized carbons (Fsp3) is 0.364. The topological polar surface area (TPSA) is 76.7 Å². The van der Waals surface area contributed by atoms with Crippen molar-refractivity contribution in [3.63, 3.8) is 0 Å². The molecule has 6 nitrogen and oxygen atoms in total. The Balaban J connectivity index is 2.06. The van der Waals surface area contributed by atoms with Gasteiger partial charge in [0.1, 0.15) is 11.5 Å². The molecule has 0 bridgehead atoms. The first-order chi connectivity index (χ1) is 13.7. The van der Waals surface area contributed by atoms with Crippen LogP contribution in [0.5, 0.6) is 11.5 Å². The lowest BCUT2D eigenvalue weighted by molar-refractivity contribution is -0.128. The van der Waals surface area contributed by atoms with E-state index in [1.165, 1.54) is 7.11 Å². The highest BCUT2D eigenvalue weighted by Gasteiger charge is 2.30. The Kier molecular flexibility index (Phi) is 8.08. The summed E-state index contributed by atoms with van der Waals surface area (Å²) in [6.07, 6.45) is 2.24. The maximum atomic E-state index is 12.7. The molecule has 0 aliphatic heterocycles. The first kappa shape index (κ1) is 22.7. The van der Waals surface area contributed by atoms with Gasteiger partial charge in [-0.1, -0.05) is 29.3 Å². The van der Waals surface area contributed by atoms with Crippen LogP contribution in [0.2, 0.25) is 0 Å². The number of ether oxygens (including phenoxy) is 2. The predicted molar refractivity (Wildman–Crippen MR) is 119 cm³/mol. The second-order valence-corrected chi connectivity index (χ2v) is 8.00.